The van der Waals surface area contributed by atoms with Crippen molar-refractivity contribution in [1.29, 1.82) is 0 Å². The van der Waals surface area contributed by atoms with E-state index < -0.39 is 5.97 Å². The van der Waals surface area contributed by atoms with Gasteiger partial charge in [-0.05, 0) is 12.1 Å². The second-order valence-corrected chi connectivity index (χ2v) is 4.93. The maximum Gasteiger partial charge on any atom is 0.359 e. The molecule has 94 valence electrons. The largest absolute Gasteiger partial charge is 0.496 e. The van der Waals surface area contributed by atoms with E-state index in [9.17, 15) is 4.79 Å². The lowest BCUT2D eigenvalue weighted by atomic mass is 10.2. The third-order valence-electron chi connectivity index (χ3n) is 2.30. The number of aromatic nitrogens is 1. The minimum atomic E-state index is -0.544. The number of ether oxygens (including phenoxy) is 2. The summed E-state index contributed by atoms with van der Waals surface area (Å²) in [6, 6.07) is 7.40. The van der Waals surface area contributed by atoms with Crippen molar-refractivity contribution in [2.45, 2.75) is 0 Å². The van der Waals surface area contributed by atoms with Crippen molar-refractivity contribution < 1.29 is 14.3 Å². The molecule has 18 heavy (non-hydrogen) atoms. The number of nitrogens with zero attached hydrogens (tertiary/aromatic N) is 1. The highest BCUT2D eigenvalue weighted by Gasteiger charge is 2.19. The fourth-order valence-electron chi connectivity index (χ4n) is 1.46. The molecule has 6 heteroatoms. The Morgan fingerprint density at radius 3 is 2.72 bits per heavy atom. The van der Waals surface area contributed by atoms with Gasteiger partial charge in [-0.15, -0.1) is 11.3 Å². The van der Waals surface area contributed by atoms with Crippen LogP contribution >= 0.6 is 22.9 Å². The molecule has 0 saturated carbocycles. The Balaban J connectivity index is 2.49. The zero-order valence-electron chi connectivity index (χ0n) is 9.77. The first-order chi connectivity index (χ1) is 8.67. The van der Waals surface area contributed by atoms with E-state index in [4.69, 9.17) is 16.3 Å². The lowest BCUT2D eigenvalue weighted by Crippen LogP contribution is -2.02. The third-order valence-corrected chi connectivity index (χ3v) is 3.59. The Morgan fingerprint density at radius 2 is 2.06 bits per heavy atom. The van der Waals surface area contributed by atoms with Gasteiger partial charge in [0.1, 0.15) is 15.1 Å². The van der Waals surface area contributed by atoms with E-state index in [1.165, 1.54) is 18.4 Å². The summed E-state index contributed by atoms with van der Waals surface area (Å²) in [5.74, 6) is 0.136. The minimum absolute atomic E-state index is 0.130. The van der Waals surface area contributed by atoms with Crippen LogP contribution in [0.2, 0.25) is 4.34 Å². The number of thiazole rings is 1. The predicted octanol–water partition coefficient (Wildman–Crippen LogP) is 3.26. The molecule has 0 atom stereocenters. The number of esters is 1. The summed E-state index contributed by atoms with van der Waals surface area (Å²) in [5, 5.41) is 0.623. The summed E-state index contributed by atoms with van der Waals surface area (Å²) in [4.78, 5) is 15.6. The summed E-state index contributed by atoms with van der Waals surface area (Å²) in [6.07, 6.45) is 0. The molecule has 0 amide bonds. The van der Waals surface area contributed by atoms with Crippen molar-refractivity contribution in [3.63, 3.8) is 0 Å². The van der Waals surface area contributed by atoms with Crippen LogP contribution in [0.15, 0.2) is 24.3 Å². The van der Waals surface area contributed by atoms with E-state index in [-0.39, 0.29) is 5.69 Å². The molecule has 0 aliphatic rings. The van der Waals surface area contributed by atoms with Crippen LogP contribution in [0, 0.1) is 0 Å². The lowest BCUT2D eigenvalue weighted by Gasteiger charge is -2.04. The topological polar surface area (TPSA) is 48.4 Å². The number of hydrogen-bond acceptors (Lipinski definition) is 5. The van der Waals surface area contributed by atoms with E-state index in [2.05, 4.69) is 9.72 Å². The zero-order chi connectivity index (χ0) is 13.1. The van der Waals surface area contributed by atoms with Gasteiger partial charge in [0, 0.05) is 0 Å². The second-order valence-electron chi connectivity index (χ2n) is 3.33. The average Bonchev–Trinajstić information content (AvgIpc) is 2.79. The molecule has 1 aromatic heterocycles. The molecule has 0 spiro atoms. The fraction of sp³-hybridized carbons (Fsp3) is 0.167. The molecule has 0 aliphatic carbocycles. The van der Waals surface area contributed by atoms with Gasteiger partial charge in [-0.25, -0.2) is 9.78 Å². The van der Waals surface area contributed by atoms with Crippen molar-refractivity contribution >= 4 is 28.9 Å². The minimum Gasteiger partial charge on any atom is -0.496 e. The first-order valence-electron chi connectivity index (χ1n) is 5.05. The molecule has 0 N–H and O–H groups in total. The van der Waals surface area contributed by atoms with Gasteiger partial charge in [0.25, 0.3) is 0 Å². The number of rotatable bonds is 3. The summed E-state index contributed by atoms with van der Waals surface area (Å²) in [7, 11) is 2.87. The number of para-hydroxylation sites is 1. The fourth-order valence-corrected chi connectivity index (χ4v) is 2.61. The van der Waals surface area contributed by atoms with Gasteiger partial charge in [0.2, 0.25) is 0 Å². The molecule has 1 aromatic carbocycles. The quantitative estimate of drug-likeness (QED) is 0.811. The normalized spacial score (nSPS) is 10.2. The Bertz CT molecular complexity index is 582. The van der Waals surface area contributed by atoms with Gasteiger partial charge in [-0.1, -0.05) is 23.7 Å². The smallest absolute Gasteiger partial charge is 0.359 e. The van der Waals surface area contributed by atoms with Crippen LogP contribution in [0.25, 0.3) is 10.6 Å². The predicted molar refractivity (Wildman–Crippen MR) is 70.5 cm³/mol. The van der Waals surface area contributed by atoms with Crippen molar-refractivity contribution in [3.8, 4) is 16.3 Å². The summed E-state index contributed by atoms with van der Waals surface area (Å²) in [5.41, 5.74) is 0.923. The molecule has 2 rings (SSSR count). The van der Waals surface area contributed by atoms with Crippen LogP contribution < -0.4 is 4.74 Å². The summed E-state index contributed by atoms with van der Waals surface area (Å²) >= 11 is 7.19. The lowest BCUT2D eigenvalue weighted by molar-refractivity contribution is 0.0595. The third kappa shape index (κ3) is 2.32. The van der Waals surface area contributed by atoms with Crippen LogP contribution in [-0.4, -0.2) is 25.2 Å². The highest BCUT2D eigenvalue weighted by atomic mass is 35.5. The van der Waals surface area contributed by atoms with Crippen molar-refractivity contribution in [1.82, 2.24) is 4.98 Å². The highest BCUT2D eigenvalue weighted by Crippen LogP contribution is 2.36. The molecular formula is C12H10ClNO3S. The Labute approximate surface area is 113 Å². The van der Waals surface area contributed by atoms with Crippen LogP contribution in [0.3, 0.4) is 0 Å². The van der Waals surface area contributed by atoms with E-state index in [0.29, 0.717) is 15.1 Å². The molecule has 0 radical (unpaired) electrons. The number of carbonyl (C=O) groups is 1. The zero-order valence-corrected chi connectivity index (χ0v) is 11.3. The van der Waals surface area contributed by atoms with Crippen molar-refractivity contribution in [2.24, 2.45) is 0 Å². The van der Waals surface area contributed by atoms with Crippen LogP contribution in [0.1, 0.15) is 10.5 Å². The number of hydrogen-bond donors (Lipinski definition) is 0. The van der Waals surface area contributed by atoms with Gasteiger partial charge >= 0.3 is 5.97 Å². The number of halogens is 1. The molecule has 0 aliphatic heterocycles. The number of benzene rings is 1. The Kier molecular flexibility index (Phi) is 3.84. The highest BCUT2D eigenvalue weighted by molar-refractivity contribution is 7.19. The second kappa shape index (κ2) is 5.37. The summed E-state index contributed by atoms with van der Waals surface area (Å²) in [6.45, 7) is 0. The molecule has 4 nitrogen and oxygen atoms in total. The van der Waals surface area contributed by atoms with Gasteiger partial charge in [0.05, 0.1) is 19.8 Å². The SMILES string of the molecule is COC(=O)c1nc(-c2ccccc2OC)sc1Cl. The van der Waals surface area contributed by atoms with Crippen molar-refractivity contribution in [2.75, 3.05) is 14.2 Å². The molecule has 0 bridgehead atoms. The summed E-state index contributed by atoms with van der Waals surface area (Å²) < 4.78 is 10.2. The molecule has 0 fully saturated rings. The molecular weight excluding hydrogens is 274 g/mol. The first kappa shape index (κ1) is 12.9. The van der Waals surface area contributed by atoms with Gasteiger partial charge < -0.3 is 9.47 Å². The van der Waals surface area contributed by atoms with E-state index in [1.54, 1.807) is 7.11 Å². The van der Waals surface area contributed by atoms with Gasteiger partial charge in [-0.2, -0.15) is 0 Å². The molecule has 0 saturated heterocycles. The van der Waals surface area contributed by atoms with Crippen LogP contribution in [-0.2, 0) is 4.74 Å². The van der Waals surface area contributed by atoms with Crippen molar-refractivity contribution in [3.05, 3.63) is 34.3 Å². The molecule has 2 aromatic rings. The van der Waals surface area contributed by atoms with Crippen LogP contribution in [0.5, 0.6) is 5.75 Å². The van der Waals surface area contributed by atoms with E-state index in [1.807, 2.05) is 24.3 Å². The molecule has 0 unspecified atom stereocenters. The standard InChI is InChI=1S/C12H10ClNO3S/c1-16-8-6-4-3-5-7(8)11-14-9(10(13)18-11)12(15)17-2/h3-6H,1-2H3. The Morgan fingerprint density at radius 1 is 1.33 bits per heavy atom. The van der Waals surface area contributed by atoms with E-state index >= 15 is 0 Å². The van der Waals surface area contributed by atoms with Gasteiger partial charge in [0.15, 0.2) is 5.69 Å². The number of carbonyl (C=O) groups excluding carboxylic acids is 1. The maximum absolute atomic E-state index is 11.4. The first-order valence-corrected chi connectivity index (χ1v) is 6.25. The maximum atomic E-state index is 11.4. The average molecular weight is 284 g/mol. The molecule has 1 heterocycles. The van der Waals surface area contributed by atoms with Crippen LogP contribution in [0.4, 0.5) is 0 Å². The van der Waals surface area contributed by atoms with E-state index in [0.717, 1.165) is 5.56 Å². The Hall–Kier alpha value is -1.59. The van der Waals surface area contributed by atoms with Gasteiger partial charge in [-0.3, -0.25) is 0 Å². The monoisotopic (exact) mass is 283 g/mol. The number of methoxy groups -OCH3 is 2.